The van der Waals surface area contributed by atoms with E-state index in [0.29, 0.717) is 0 Å². The number of carbonyl (C=O) groups is 1. The molecule has 3 heteroatoms. The normalized spacial score (nSPS) is 9.43. The molecule has 1 N–H and O–H groups in total. The molecular weight excluding hydrogens is 205 g/mol. The molecule has 0 bridgehead atoms. The fraction of sp³-hybridized carbons (Fsp3) is 0.250. The van der Waals surface area contributed by atoms with Crippen molar-refractivity contribution in [2.45, 2.75) is 0 Å². The quantitative estimate of drug-likeness (QED) is 0.501. The average Bonchev–Trinajstić information content (AvgIpc) is 1.68. The Balaban J connectivity index is 3.37. The number of halogens is 1. The molecule has 0 unspecified atom stereocenters. The summed E-state index contributed by atoms with van der Waals surface area (Å²) in [5, 5.41) is 2.44. The number of hydrogen-bond donors (Lipinski definition) is 1. The molecule has 1 amide bonds. The standard InChI is InChI=1S/C4H6INO/c1-6-4(7)2-3-5/h2-3H,1H3,(H,6,7). The van der Waals surface area contributed by atoms with Crippen LogP contribution in [-0.4, -0.2) is 13.0 Å². The highest BCUT2D eigenvalue weighted by Crippen LogP contribution is 1.81. The number of rotatable bonds is 1. The van der Waals surface area contributed by atoms with Crippen molar-refractivity contribution in [2.75, 3.05) is 7.05 Å². The molecule has 7 heavy (non-hydrogen) atoms. The molecule has 0 aromatic rings. The predicted octanol–water partition coefficient (Wildman–Crippen LogP) is 0.681. The minimum Gasteiger partial charge on any atom is -0.356 e. The lowest BCUT2D eigenvalue weighted by atomic mass is 10.6. The smallest absolute Gasteiger partial charge is 0.244 e. The minimum absolute atomic E-state index is 0.0607. The van der Waals surface area contributed by atoms with Gasteiger partial charge in [0.2, 0.25) is 5.91 Å². The summed E-state index contributed by atoms with van der Waals surface area (Å²) in [6.07, 6.45) is 1.46. The van der Waals surface area contributed by atoms with Crippen LogP contribution in [0.5, 0.6) is 0 Å². The molecule has 0 saturated heterocycles. The topological polar surface area (TPSA) is 29.1 Å². The van der Waals surface area contributed by atoms with Crippen molar-refractivity contribution in [1.82, 2.24) is 5.32 Å². The van der Waals surface area contributed by atoms with Crippen LogP contribution in [0.4, 0.5) is 0 Å². The van der Waals surface area contributed by atoms with Crippen molar-refractivity contribution in [3.63, 3.8) is 0 Å². The Hall–Kier alpha value is -0.0600. The third-order valence-electron chi connectivity index (χ3n) is 0.461. The molecule has 0 aromatic heterocycles. The van der Waals surface area contributed by atoms with Crippen LogP contribution in [0.3, 0.4) is 0 Å². The lowest BCUT2D eigenvalue weighted by molar-refractivity contribution is -0.116. The fourth-order valence-corrected chi connectivity index (χ4v) is 0.467. The molecule has 0 aliphatic carbocycles. The molecule has 0 heterocycles. The third kappa shape index (κ3) is 3.78. The number of hydrogen-bond acceptors (Lipinski definition) is 1. The predicted molar refractivity (Wildman–Crippen MR) is 37.2 cm³/mol. The van der Waals surface area contributed by atoms with Crippen molar-refractivity contribution in [2.24, 2.45) is 0 Å². The highest BCUT2D eigenvalue weighted by atomic mass is 127. The second-order valence-electron chi connectivity index (χ2n) is 0.907. The monoisotopic (exact) mass is 211 g/mol. The first kappa shape index (κ1) is 6.94. The summed E-state index contributed by atoms with van der Waals surface area (Å²) in [6.45, 7) is 0. The molecule has 0 fully saturated rings. The van der Waals surface area contributed by atoms with Gasteiger partial charge in [-0.3, -0.25) is 4.79 Å². The summed E-state index contributed by atoms with van der Waals surface area (Å²) in [6, 6.07) is 0. The summed E-state index contributed by atoms with van der Waals surface area (Å²) in [5.74, 6) is -0.0607. The fourth-order valence-electron chi connectivity index (χ4n) is 0.141. The molecule has 0 aliphatic heterocycles. The van der Waals surface area contributed by atoms with Gasteiger partial charge >= 0.3 is 0 Å². The summed E-state index contributed by atoms with van der Waals surface area (Å²) in [7, 11) is 1.60. The first-order chi connectivity index (χ1) is 3.31. The van der Waals surface area contributed by atoms with Crippen molar-refractivity contribution in [3.8, 4) is 0 Å². The van der Waals surface area contributed by atoms with Crippen LogP contribution in [0.2, 0.25) is 0 Å². The van der Waals surface area contributed by atoms with Gasteiger partial charge in [0, 0.05) is 13.1 Å². The Labute approximate surface area is 56.1 Å². The van der Waals surface area contributed by atoms with Crippen molar-refractivity contribution >= 4 is 28.5 Å². The average molecular weight is 211 g/mol. The van der Waals surface area contributed by atoms with Crippen molar-refractivity contribution in [3.05, 3.63) is 10.2 Å². The number of likely N-dealkylation sites (N-methyl/N-ethyl adjacent to an activating group) is 1. The molecule has 0 radical (unpaired) electrons. The summed E-state index contributed by atoms with van der Waals surface area (Å²) in [5.41, 5.74) is 0. The van der Waals surface area contributed by atoms with Crippen LogP contribution in [0.25, 0.3) is 0 Å². The Morgan fingerprint density at radius 1 is 1.86 bits per heavy atom. The van der Waals surface area contributed by atoms with Gasteiger partial charge in [0.15, 0.2) is 0 Å². The van der Waals surface area contributed by atoms with E-state index in [1.54, 1.807) is 11.1 Å². The van der Waals surface area contributed by atoms with Crippen molar-refractivity contribution in [1.29, 1.82) is 0 Å². The highest BCUT2D eigenvalue weighted by Gasteiger charge is 1.81. The van der Waals surface area contributed by atoms with E-state index in [4.69, 9.17) is 0 Å². The van der Waals surface area contributed by atoms with E-state index in [9.17, 15) is 4.79 Å². The number of carbonyl (C=O) groups excluding carboxylic acids is 1. The first-order valence-electron chi connectivity index (χ1n) is 1.79. The zero-order valence-corrected chi connectivity index (χ0v) is 6.10. The summed E-state index contributed by atoms with van der Waals surface area (Å²) < 4.78 is 1.66. The van der Waals surface area contributed by atoms with E-state index in [1.165, 1.54) is 6.08 Å². The Kier molecular flexibility index (Phi) is 4.07. The molecule has 0 aromatic carbocycles. The Bertz CT molecular complexity index is 89.7. The highest BCUT2D eigenvalue weighted by molar-refractivity contribution is 14.1. The molecule has 2 nitrogen and oxygen atoms in total. The van der Waals surface area contributed by atoms with E-state index in [1.807, 2.05) is 22.6 Å². The van der Waals surface area contributed by atoms with Crippen LogP contribution in [-0.2, 0) is 4.79 Å². The maximum atomic E-state index is 10.2. The third-order valence-corrected chi connectivity index (χ3v) is 0.820. The van der Waals surface area contributed by atoms with Gasteiger partial charge in [-0.05, 0) is 4.08 Å². The second-order valence-corrected chi connectivity index (χ2v) is 1.63. The molecule has 0 aliphatic rings. The van der Waals surface area contributed by atoms with E-state index in [2.05, 4.69) is 5.32 Å². The van der Waals surface area contributed by atoms with Gasteiger partial charge in [0.1, 0.15) is 0 Å². The number of amides is 1. The van der Waals surface area contributed by atoms with Gasteiger partial charge in [0.25, 0.3) is 0 Å². The van der Waals surface area contributed by atoms with Crippen LogP contribution in [0.15, 0.2) is 10.2 Å². The molecule has 40 valence electrons. The van der Waals surface area contributed by atoms with Gasteiger partial charge in [-0.15, -0.1) is 0 Å². The molecular formula is C4H6INO. The van der Waals surface area contributed by atoms with Gasteiger partial charge in [-0.25, -0.2) is 0 Å². The second kappa shape index (κ2) is 4.11. The van der Waals surface area contributed by atoms with E-state index < -0.39 is 0 Å². The molecule has 0 rings (SSSR count). The van der Waals surface area contributed by atoms with Crippen molar-refractivity contribution < 1.29 is 4.79 Å². The first-order valence-corrected chi connectivity index (χ1v) is 3.04. The minimum atomic E-state index is -0.0607. The van der Waals surface area contributed by atoms with Crippen LogP contribution >= 0.6 is 22.6 Å². The molecule has 0 spiro atoms. The van der Waals surface area contributed by atoms with Crippen LogP contribution < -0.4 is 5.32 Å². The zero-order valence-electron chi connectivity index (χ0n) is 3.94. The Morgan fingerprint density at radius 2 is 2.43 bits per heavy atom. The van der Waals surface area contributed by atoms with Crippen LogP contribution in [0.1, 0.15) is 0 Å². The maximum Gasteiger partial charge on any atom is 0.244 e. The van der Waals surface area contributed by atoms with Gasteiger partial charge in [-0.2, -0.15) is 0 Å². The summed E-state index contributed by atoms with van der Waals surface area (Å²) in [4.78, 5) is 10.2. The van der Waals surface area contributed by atoms with Crippen LogP contribution in [0, 0.1) is 0 Å². The lowest BCUT2D eigenvalue weighted by Gasteiger charge is -1.83. The van der Waals surface area contributed by atoms with E-state index >= 15 is 0 Å². The maximum absolute atomic E-state index is 10.2. The SMILES string of the molecule is CNC(=O)C=CI. The van der Waals surface area contributed by atoms with Gasteiger partial charge in [0.05, 0.1) is 0 Å². The van der Waals surface area contributed by atoms with E-state index in [-0.39, 0.29) is 5.91 Å². The van der Waals surface area contributed by atoms with E-state index in [0.717, 1.165) is 0 Å². The lowest BCUT2D eigenvalue weighted by Crippen LogP contribution is -2.13. The largest absolute Gasteiger partial charge is 0.356 e. The zero-order chi connectivity index (χ0) is 5.70. The van der Waals surface area contributed by atoms with Gasteiger partial charge < -0.3 is 5.32 Å². The Morgan fingerprint density at radius 3 is 2.57 bits per heavy atom. The number of nitrogens with one attached hydrogen (secondary N) is 1. The van der Waals surface area contributed by atoms with Gasteiger partial charge in [-0.1, -0.05) is 22.6 Å². The summed E-state index contributed by atoms with van der Waals surface area (Å²) >= 11 is 1.98. The molecule has 0 atom stereocenters. The molecule has 0 saturated carbocycles.